The van der Waals surface area contributed by atoms with Gasteiger partial charge in [-0.15, -0.1) is 11.6 Å². The SMILES string of the molecule is CCC(Cl)(/C=N/[S@](=O)C(C)(C)C)CC. The Balaban J connectivity index is 4.51. The predicted octanol–water partition coefficient (Wildman–Crippen LogP) is 3.32. The fourth-order valence-corrected chi connectivity index (χ4v) is 1.45. The van der Waals surface area contributed by atoms with E-state index in [-0.39, 0.29) is 4.75 Å². The van der Waals surface area contributed by atoms with Gasteiger partial charge in [-0.05, 0) is 33.6 Å². The van der Waals surface area contributed by atoms with Crippen molar-refractivity contribution in [2.24, 2.45) is 4.40 Å². The maximum atomic E-state index is 11.6. The number of hydrogen-bond acceptors (Lipinski definition) is 1. The van der Waals surface area contributed by atoms with Crippen molar-refractivity contribution in [1.29, 1.82) is 0 Å². The van der Waals surface area contributed by atoms with Crippen LogP contribution < -0.4 is 0 Å². The summed E-state index contributed by atoms with van der Waals surface area (Å²) in [4.78, 5) is -0.430. The fraction of sp³-hybridized carbons (Fsp3) is 0.900. The summed E-state index contributed by atoms with van der Waals surface area (Å²) in [6, 6.07) is 0. The van der Waals surface area contributed by atoms with Gasteiger partial charge in [-0.2, -0.15) is 4.40 Å². The van der Waals surface area contributed by atoms with Crippen molar-refractivity contribution < 1.29 is 4.21 Å². The molecular weight excluding hydrogens is 218 g/mol. The molecule has 0 amide bonds. The van der Waals surface area contributed by atoms with Crippen LogP contribution in [0.4, 0.5) is 0 Å². The highest BCUT2D eigenvalue weighted by Crippen LogP contribution is 2.22. The summed E-state index contributed by atoms with van der Waals surface area (Å²) in [5.41, 5.74) is 0. The average molecular weight is 238 g/mol. The molecule has 14 heavy (non-hydrogen) atoms. The van der Waals surface area contributed by atoms with Gasteiger partial charge in [0.1, 0.15) is 11.0 Å². The van der Waals surface area contributed by atoms with E-state index in [4.69, 9.17) is 11.6 Å². The monoisotopic (exact) mass is 237 g/mol. The minimum Gasteiger partial charge on any atom is -0.234 e. The van der Waals surface area contributed by atoms with E-state index in [1.807, 2.05) is 34.6 Å². The van der Waals surface area contributed by atoms with Crippen LogP contribution in [0, 0.1) is 0 Å². The molecular formula is C10H20ClNOS. The zero-order valence-electron chi connectivity index (χ0n) is 9.63. The van der Waals surface area contributed by atoms with Gasteiger partial charge in [0.15, 0.2) is 0 Å². The largest absolute Gasteiger partial charge is 0.234 e. The Hall–Kier alpha value is 0.110. The van der Waals surface area contributed by atoms with Gasteiger partial charge in [0.2, 0.25) is 0 Å². The lowest BCUT2D eigenvalue weighted by Gasteiger charge is -2.19. The normalized spacial score (nSPS) is 16.1. The van der Waals surface area contributed by atoms with Gasteiger partial charge in [0, 0.05) is 6.21 Å². The highest BCUT2D eigenvalue weighted by Gasteiger charge is 2.23. The Bertz CT molecular complexity index is 229. The quantitative estimate of drug-likeness (QED) is 0.545. The van der Waals surface area contributed by atoms with E-state index in [1.165, 1.54) is 0 Å². The Kier molecular flexibility index (Phi) is 5.31. The van der Waals surface area contributed by atoms with Gasteiger partial charge < -0.3 is 0 Å². The molecule has 0 aliphatic heterocycles. The molecule has 0 heterocycles. The minimum absolute atomic E-state index is 0.310. The van der Waals surface area contributed by atoms with E-state index in [9.17, 15) is 4.21 Å². The van der Waals surface area contributed by atoms with Crippen LogP contribution in [-0.4, -0.2) is 20.0 Å². The molecule has 0 radical (unpaired) electrons. The van der Waals surface area contributed by atoms with Crippen LogP contribution in [0.2, 0.25) is 0 Å². The Morgan fingerprint density at radius 3 is 2.00 bits per heavy atom. The second-order valence-corrected chi connectivity index (χ2v) is 7.02. The maximum Gasteiger partial charge on any atom is 0.144 e. The van der Waals surface area contributed by atoms with Crippen molar-refractivity contribution in [3.63, 3.8) is 0 Å². The van der Waals surface area contributed by atoms with E-state index in [1.54, 1.807) is 6.21 Å². The lowest BCUT2D eigenvalue weighted by Crippen LogP contribution is -2.24. The number of rotatable bonds is 4. The van der Waals surface area contributed by atoms with Crippen LogP contribution in [0.15, 0.2) is 4.40 Å². The van der Waals surface area contributed by atoms with Crippen molar-refractivity contribution in [1.82, 2.24) is 0 Å². The molecule has 4 heteroatoms. The third-order valence-electron chi connectivity index (χ3n) is 2.08. The van der Waals surface area contributed by atoms with Gasteiger partial charge in [0.05, 0.1) is 9.62 Å². The standard InChI is InChI=1S/C10H20ClNOS/c1-6-10(11,7-2)8-12-14(13)9(3,4)5/h8H,6-7H2,1-5H3/b12-8+/t14-/m1/s1. The van der Waals surface area contributed by atoms with Crippen LogP contribution in [0.1, 0.15) is 47.5 Å². The third-order valence-corrected chi connectivity index (χ3v) is 4.06. The molecule has 0 unspecified atom stereocenters. The lowest BCUT2D eigenvalue weighted by atomic mass is 10.1. The Labute approximate surface area is 94.7 Å². The number of hydrogen-bond donors (Lipinski definition) is 0. The second-order valence-electron chi connectivity index (χ2n) is 4.34. The fourth-order valence-electron chi connectivity index (χ4n) is 0.733. The molecule has 0 aliphatic rings. The third kappa shape index (κ3) is 4.56. The molecule has 2 nitrogen and oxygen atoms in total. The molecule has 0 aliphatic carbocycles. The molecule has 0 saturated heterocycles. The minimum atomic E-state index is -1.20. The van der Waals surface area contributed by atoms with Crippen LogP contribution >= 0.6 is 11.6 Å². The van der Waals surface area contributed by atoms with Gasteiger partial charge >= 0.3 is 0 Å². The molecule has 0 saturated carbocycles. The van der Waals surface area contributed by atoms with E-state index in [2.05, 4.69) is 4.40 Å². The van der Waals surface area contributed by atoms with Crippen molar-refractivity contribution >= 4 is 28.8 Å². The molecule has 0 aromatic heterocycles. The molecule has 0 bridgehead atoms. The van der Waals surface area contributed by atoms with Crippen molar-refractivity contribution in [2.75, 3.05) is 0 Å². The van der Waals surface area contributed by atoms with Gasteiger partial charge in [-0.3, -0.25) is 0 Å². The van der Waals surface area contributed by atoms with Gasteiger partial charge in [0.25, 0.3) is 0 Å². The van der Waals surface area contributed by atoms with E-state index in [0.717, 1.165) is 12.8 Å². The molecule has 0 spiro atoms. The van der Waals surface area contributed by atoms with Crippen LogP contribution in [0.5, 0.6) is 0 Å². The Morgan fingerprint density at radius 2 is 1.71 bits per heavy atom. The van der Waals surface area contributed by atoms with E-state index < -0.39 is 15.9 Å². The summed E-state index contributed by atoms with van der Waals surface area (Å²) in [6.07, 6.45) is 3.24. The number of alkyl halides is 1. The second kappa shape index (κ2) is 5.26. The van der Waals surface area contributed by atoms with Gasteiger partial charge in [-0.25, -0.2) is 4.21 Å². The first-order valence-corrected chi connectivity index (χ1v) is 6.40. The average Bonchev–Trinajstić information content (AvgIpc) is 2.12. The van der Waals surface area contributed by atoms with Crippen molar-refractivity contribution in [2.45, 2.75) is 57.1 Å². The summed E-state index contributed by atoms with van der Waals surface area (Å²) in [5, 5.41) is 0. The zero-order valence-corrected chi connectivity index (χ0v) is 11.2. The molecule has 84 valence electrons. The van der Waals surface area contributed by atoms with E-state index >= 15 is 0 Å². The summed E-state index contributed by atoms with van der Waals surface area (Å²) >= 11 is 6.22. The summed E-state index contributed by atoms with van der Waals surface area (Å²) in [7, 11) is -1.20. The smallest absolute Gasteiger partial charge is 0.144 e. The first kappa shape index (κ1) is 14.1. The summed E-state index contributed by atoms with van der Waals surface area (Å²) < 4.78 is 15.3. The Morgan fingerprint density at radius 1 is 1.29 bits per heavy atom. The highest BCUT2D eigenvalue weighted by molar-refractivity contribution is 7.85. The summed E-state index contributed by atoms with van der Waals surface area (Å²) in [5.74, 6) is 0. The van der Waals surface area contributed by atoms with Crippen molar-refractivity contribution in [3.8, 4) is 0 Å². The molecule has 1 atom stereocenters. The molecule has 0 N–H and O–H groups in total. The molecule has 0 rings (SSSR count). The topological polar surface area (TPSA) is 29.4 Å². The maximum absolute atomic E-state index is 11.6. The van der Waals surface area contributed by atoms with Crippen LogP contribution in [-0.2, 0) is 11.0 Å². The zero-order chi connectivity index (χ0) is 11.4. The van der Waals surface area contributed by atoms with Crippen LogP contribution in [0.3, 0.4) is 0 Å². The van der Waals surface area contributed by atoms with E-state index in [0.29, 0.717) is 0 Å². The summed E-state index contributed by atoms with van der Waals surface area (Å²) in [6.45, 7) is 9.70. The number of nitrogens with zero attached hydrogens (tertiary/aromatic N) is 1. The predicted molar refractivity (Wildman–Crippen MR) is 65.6 cm³/mol. The number of halogens is 1. The molecule has 0 fully saturated rings. The van der Waals surface area contributed by atoms with Gasteiger partial charge in [-0.1, -0.05) is 13.8 Å². The highest BCUT2D eigenvalue weighted by atomic mass is 35.5. The van der Waals surface area contributed by atoms with Crippen LogP contribution in [0.25, 0.3) is 0 Å². The first-order valence-electron chi connectivity index (χ1n) is 4.91. The van der Waals surface area contributed by atoms with Crippen molar-refractivity contribution in [3.05, 3.63) is 0 Å². The molecule has 0 aromatic rings. The first-order chi connectivity index (χ1) is 6.25. The molecule has 0 aromatic carbocycles. The lowest BCUT2D eigenvalue weighted by molar-refractivity contribution is 0.649.